The van der Waals surface area contributed by atoms with E-state index in [1.54, 1.807) is 0 Å². The average molecular weight is 452 g/mol. The van der Waals surface area contributed by atoms with Crippen LogP contribution in [0.3, 0.4) is 0 Å². The Bertz CT molecular complexity index is 372. The number of hydrogen-bond donors (Lipinski definition) is 2. The molecule has 2 saturated heterocycles. The molecule has 2 atom stereocenters. The van der Waals surface area contributed by atoms with Crippen LogP contribution < -0.4 is 10.6 Å². The van der Waals surface area contributed by atoms with Gasteiger partial charge < -0.3 is 20.3 Å². The Morgan fingerprint density at radius 3 is 2.75 bits per heavy atom. The van der Waals surface area contributed by atoms with E-state index in [9.17, 15) is 0 Å². The highest BCUT2D eigenvalue weighted by atomic mass is 127. The van der Waals surface area contributed by atoms with Gasteiger partial charge in [0.1, 0.15) is 0 Å². The first-order chi connectivity index (χ1) is 11.1. The molecule has 6 heteroatoms. The molecule has 0 radical (unpaired) electrons. The van der Waals surface area contributed by atoms with E-state index in [2.05, 4.69) is 34.4 Å². The molecule has 142 valence electrons. The lowest BCUT2D eigenvalue weighted by Crippen LogP contribution is -2.45. The van der Waals surface area contributed by atoms with Gasteiger partial charge in [0.15, 0.2) is 5.96 Å². The van der Waals surface area contributed by atoms with Gasteiger partial charge in [0.2, 0.25) is 0 Å². The fourth-order valence-electron chi connectivity index (χ4n) is 3.60. The molecule has 0 aromatic carbocycles. The molecular formula is C18H37IN4O. The van der Waals surface area contributed by atoms with E-state index in [1.807, 2.05) is 7.05 Å². The number of piperidine rings is 1. The summed E-state index contributed by atoms with van der Waals surface area (Å²) in [6.45, 7) is 9.78. The topological polar surface area (TPSA) is 48.9 Å². The van der Waals surface area contributed by atoms with Crippen LogP contribution in [0.4, 0.5) is 0 Å². The van der Waals surface area contributed by atoms with Gasteiger partial charge in [-0.15, -0.1) is 24.0 Å². The summed E-state index contributed by atoms with van der Waals surface area (Å²) in [5.74, 6) is 0.896. The van der Waals surface area contributed by atoms with Gasteiger partial charge in [-0.3, -0.25) is 4.99 Å². The van der Waals surface area contributed by atoms with Crippen LogP contribution in [0.25, 0.3) is 0 Å². The lowest BCUT2D eigenvalue weighted by Gasteiger charge is -2.33. The summed E-state index contributed by atoms with van der Waals surface area (Å²) < 4.78 is 5.80. The van der Waals surface area contributed by atoms with Crippen molar-refractivity contribution in [2.75, 3.05) is 39.8 Å². The van der Waals surface area contributed by atoms with Crippen molar-refractivity contribution in [1.29, 1.82) is 0 Å². The van der Waals surface area contributed by atoms with Gasteiger partial charge in [-0.05, 0) is 65.5 Å². The van der Waals surface area contributed by atoms with E-state index in [-0.39, 0.29) is 29.6 Å². The predicted octanol–water partition coefficient (Wildman–Crippen LogP) is 2.99. The Morgan fingerprint density at radius 2 is 2.08 bits per heavy atom. The smallest absolute Gasteiger partial charge is 0.191 e. The number of guanidine groups is 1. The molecule has 0 amide bonds. The van der Waals surface area contributed by atoms with Crippen LogP contribution in [-0.2, 0) is 4.74 Å². The summed E-state index contributed by atoms with van der Waals surface area (Å²) in [5.41, 5.74) is -0.0258. The Kier molecular flexibility index (Phi) is 10.5. The van der Waals surface area contributed by atoms with Gasteiger partial charge >= 0.3 is 0 Å². The molecule has 2 rings (SSSR count). The minimum atomic E-state index is -0.0258. The minimum absolute atomic E-state index is 0. The van der Waals surface area contributed by atoms with Crippen molar-refractivity contribution < 1.29 is 4.74 Å². The van der Waals surface area contributed by atoms with Gasteiger partial charge in [-0.1, -0.05) is 6.42 Å². The zero-order valence-corrected chi connectivity index (χ0v) is 18.1. The highest BCUT2D eigenvalue weighted by Gasteiger charge is 2.29. The van der Waals surface area contributed by atoms with E-state index >= 15 is 0 Å². The summed E-state index contributed by atoms with van der Waals surface area (Å²) in [6, 6.07) is 0.776. The molecule has 2 aliphatic heterocycles. The summed E-state index contributed by atoms with van der Waals surface area (Å²) in [6.07, 6.45) is 8.90. The van der Waals surface area contributed by atoms with Crippen molar-refractivity contribution in [2.45, 2.75) is 70.4 Å². The second-order valence-corrected chi connectivity index (χ2v) is 7.34. The number of nitrogens with one attached hydrogen (secondary N) is 2. The Labute approximate surface area is 165 Å². The number of likely N-dealkylation sites (tertiary alicyclic amines) is 1. The first-order valence-corrected chi connectivity index (χ1v) is 9.45. The van der Waals surface area contributed by atoms with E-state index in [0.717, 1.165) is 38.1 Å². The number of rotatable bonds is 7. The van der Waals surface area contributed by atoms with Crippen LogP contribution in [0.1, 0.15) is 58.8 Å². The predicted molar refractivity (Wildman–Crippen MR) is 112 cm³/mol. The van der Waals surface area contributed by atoms with Crippen LogP contribution in [-0.4, -0.2) is 62.3 Å². The van der Waals surface area contributed by atoms with Gasteiger partial charge in [-0.2, -0.15) is 0 Å². The first-order valence-electron chi connectivity index (χ1n) is 9.45. The van der Waals surface area contributed by atoms with Crippen molar-refractivity contribution in [3.05, 3.63) is 0 Å². The number of aliphatic imine (C=N–C) groups is 1. The zero-order chi connectivity index (χ0) is 16.5. The molecule has 0 aliphatic carbocycles. The molecule has 0 saturated carbocycles. The van der Waals surface area contributed by atoms with Crippen LogP contribution in [0.2, 0.25) is 0 Å². The number of ether oxygens (including phenoxy) is 1. The molecule has 0 bridgehead atoms. The number of unbranched alkanes of at least 4 members (excludes halogenated alkanes) is 1. The van der Waals surface area contributed by atoms with E-state index in [1.165, 1.54) is 51.6 Å². The normalized spacial score (nSPS) is 28.5. The molecule has 24 heavy (non-hydrogen) atoms. The quantitative estimate of drug-likeness (QED) is 0.270. The molecule has 0 aromatic rings. The van der Waals surface area contributed by atoms with Crippen LogP contribution in [0.5, 0.6) is 0 Å². The maximum atomic E-state index is 5.80. The fourth-order valence-corrected chi connectivity index (χ4v) is 3.60. The molecule has 2 aliphatic rings. The second kappa shape index (κ2) is 11.5. The SMILES string of the molecule is CN=C(NCCCCN1CCCCC1C)NCC1(C)CCCO1.I. The molecule has 2 unspecified atom stereocenters. The van der Waals surface area contributed by atoms with Crippen molar-refractivity contribution in [3.8, 4) is 0 Å². The first kappa shape index (κ1) is 22.0. The van der Waals surface area contributed by atoms with Gasteiger partial charge in [0.25, 0.3) is 0 Å². The van der Waals surface area contributed by atoms with Gasteiger partial charge in [0.05, 0.1) is 5.60 Å². The van der Waals surface area contributed by atoms with Gasteiger partial charge in [-0.25, -0.2) is 0 Å². The van der Waals surface area contributed by atoms with E-state index in [4.69, 9.17) is 4.74 Å². The van der Waals surface area contributed by atoms with Crippen LogP contribution in [0.15, 0.2) is 4.99 Å². The molecular weight excluding hydrogens is 415 g/mol. The summed E-state index contributed by atoms with van der Waals surface area (Å²) in [7, 11) is 1.84. The Morgan fingerprint density at radius 1 is 1.25 bits per heavy atom. The fraction of sp³-hybridized carbons (Fsp3) is 0.944. The van der Waals surface area contributed by atoms with Crippen LogP contribution >= 0.6 is 24.0 Å². The van der Waals surface area contributed by atoms with Crippen molar-refractivity contribution in [2.24, 2.45) is 4.99 Å². The molecule has 5 nitrogen and oxygen atoms in total. The summed E-state index contributed by atoms with van der Waals surface area (Å²) >= 11 is 0. The highest BCUT2D eigenvalue weighted by molar-refractivity contribution is 14.0. The number of nitrogens with zero attached hydrogens (tertiary/aromatic N) is 2. The molecule has 0 spiro atoms. The second-order valence-electron chi connectivity index (χ2n) is 7.34. The maximum Gasteiger partial charge on any atom is 0.191 e. The standard InChI is InChI=1S/C18H36N4O.HI/c1-16-9-4-6-12-22(16)13-7-5-11-20-17(19-3)21-15-18(2)10-8-14-23-18;/h16H,4-15H2,1-3H3,(H2,19,20,21);1H. The summed E-state index contributed by atoms with van der Waals surface area (Å²) in [4.78, 5) is 6.96. The average Bonchev–Trinajstić information content (AvgIpc) is 2.98. The van der Waals surface area contributed by atoms with E-state index in [0.29, 0.717) is 0 Å². The Hall–Kier alpha value is -0.0800. The monoisotopic (exact) mass is 452 g/mol. The molecule has 2 heterocycles. The lowest BCUT2D eigenvalue weighted by atomic mass is 10.0. The maximum absolute atomic E-state index is 5.80. The molecule has 2 N–H and O–H groups in total. The lowest BCUT2D eigenvalue weighted by molar-refractivity contribution is 0.0243. The van der Waals surface area contributed by atoms with Crippen LogP contribution in [0, 0.1) is 0 Å². The van der Waals surface area contributed by atoms with Crippen molar-refractivity contribution in [3.63, 3.8) is 0 Å². The third-order valence-corrected chi connectivity index (χ3v) is 5.26. The van der Waals surface area contributed by atoms with Gasteiger partial charge in [0, 0.05) is 32.8 Å². The van der Waals surface area contributed by atoms with Crippen molar-refractivity contribution >= 4 is 29.9 Å². The zero-order valence-electron chi connectivity index (χ0n) is 15.8. The minimum Gasteiger partial charge on any atom is -0.373 e. The number of halogens is 1. The largest absolute Gasteiger partial charge is 0.373 e. The van der Waals surface area contributed by atoms with E-state index < -0.39 is 0 Å². The molecule has 0 aromatic heterocycles. The molecule has 2 fully saturated rings. The number of hydrogen-bond acceptors (Lipinski definition) is 3. The van der Waals surface area contributed by atoms with Crippen molar-refractivity contribution in [1.82, 2.24) is 15.5 Å². The third kappa shape index (κ3) is 7.44. The Balaban J connectivity index is 0.00000288. The highest BCUT2D eigenvalue weighted by Crippen LogP contribution is 2.23. The summed E-state index contributed by atoms with van der Waals surface area (Å²) in [5, 5.41) is 6.83. The third-order valence-electron chi connectivity index (χ3n) is 5.26.